The van der Waals surface area contributed by atoms with Crippen LogP contribution in [0.15, 0.2) is 54.6 Å². The molecule has 0 saturated carbocycles. The lowest BCUT2D eigenvalue weighted by molar-refractivity contribution is 1.11. The van der Waals surface area contributed by atoms with Gasteiger partial charge in [-0.3, -0.25) is 0 Å². The van der Waals surface area contributed by atoms with Crippen molar-refractivity contribution in [2.24, 2.45) is 0 Å². The Bertz CT molecular complexity index is 877. The first-order valence-corrected chi connectivity index (χ1v) is 7.59. The standard InChI is InChI=1S/C19H17N5/c1-13-3-7-16(8-4-13)22-18-11-14(2)21-19(24-18)23-17-9-5-15(12-20)6-10-17/h3-11H,1-2H3,(H2,21,22,23,24). The molecule has 5 nitrogen and oxygen atoms in total. The normalized spacial score (nSPS) is 10.0. The van der Waals surface area contributed by atoms with E-state index in [1.54, 1.807) is 12.1 Å². The Morgan fingerprint density at radius 1 is 0.833 bits per heavy atom. The van der Waals surface area contributed by atoms with E-state index in [1.807, 2.05) is 49.4 Å². The molecule has 0 unspecified atom stereocenters. The minimum atomic E-state index is 0.509. The number of anilines is 4. The summed E-state index contributed by atoms with van der Waals surface area (Å²) < 4.78 is 0. The molecule has 0 fully saturated rings. The molecule has 3 aromatic rings. The molecule has 0 bridgehead atoms. The van der Waals surface area contributed by atoms with Crippen LogP contribution in [0, 0.1) is 25.2 Å². The number of hydrogen-bond donors (Lipinski definition) is 2. The van der Waals surface area contributed by atoms with Crippen LogP contribution < -0.4 is 10.6 Å². The predicted octanol–water partition coefficient (Wildman–Crippen LogP) is 4.45. The van der Waals surface area contributed by atoms with E-state index in [-0.39, 0.29) is 0 Å². The molecular formula is C19H17N5. The van der Waals surface area contributed by atoms with Crippen LogP contribution in [0.2, 0.25) is 0 Å². The van der Waals surface area contributed by atoms with E-state index < -0.39 is 0 Å². The lowest BCUT2D eigenvalue weighted by atomic mass is 10.2. The van der Waals surface area contributed by atoms with Gasteiger partial charge in [0, 0.05) is 23.1 Å². The zero-order chi connectivity index (χ0) is 16.9. The SMILES string of the molecule is Cc1ccc(Nc2cc(C)nc(Nc3ccc(C#N)cc3)n2)cc1. The number of nitrogens with one attached hydrogen (secondary N) is 2. The first-order valence-electron chi connectivity index (χ1n) is 7.59. The zero-order valence-electron chi connectivity index (χ0n) is 13.5. The third-order valence-electron chi connectivity index (χ3n) is 3.45. The van der Waals surface area contributed by atoms with Gasteiger partial charge in [0.25, 0.3) is 0 Å². The van der Waals surface area contributed by atoms with E-state index >= 15 is 0 Å². The summed E-state index contributed by atoms with van der Waals surface area (Å²) >= 11 is 0. The molecule has 0 spiro atoms. The van der Waals surface area contributed by atoms with Crippen molar-refractivity contribution in [2.45, 2.75) is 13.8 Å². The summed E-state index contributed by atoms with van der Waals surface area (Å²) in [5.41, 5.74) is 4.50. The molecule has 0 aliphatic heterocycles. The number of benzene rings is 2. The molecule has 2 aromatic carbocycles. The number of aryl methyl sites for hydroxylation is 2. The number of nitrogens with zero attached hydrogens (tertiary/aromatic N) is 3. The molecule has 3 rings (SSSR count). The smallest absolute Gasteiger partial charge is 0.229 e. The van der Waals surface area contributed by atoms with Crippen molar-refractivity contribution in [3.05, 3.63) is 71.4 Å². The number of hydrogen-bond acceptors (Lipinski definition) is 5. The second-order valence-electron chi connectivity index (χ2n) is 5.52. The molecule has 1 aromatic heterocycles. The minimum Gasteiger partial charge on any atom is -0.340 e. The third-order valence-corrected chi connectivity index (χ3v) is 3.45. The highest BCUT2D eigenvalue weighted by atomic mass is 15.1. The van der Waals surface area contributed by atoms with Gasteiger partial charge >= 0.3 is 0 Å². The van der Waals surface area contributed by atoms with E-state index in [4.69, 9.17) is 5.26 Å². The average molecular weight is 315 g/mol. The highest BCUT2D eigenvalue weighted by molar-refractivity contribution is 5.60. The van der Waals surface area contributed by atoms with Gasteiger partial charge in [-0.05, 0) is 50.2 Å². The molecule has 0 aliphatic rings. The molecule has 2 N–H and O–H groups in total. The average Bonchev–Trinajstić information content (AvgIpc) is 2.57. The van der Waals surface area contributed by atoms with Gasteiger partial charge in [0.2, 0.25) is 5.95 Å². The maximum Gasteiger partial charge on any atom is 0.229 e. The van der Waals surface area contributed by atoms with Gasteiger partial charge in [-0.15, -0.1) is 0 Å². The largest absolute Gasteiger partial charge is 0.340 e. The molecular weight excluding hydrogens is 298 g/mol. The Labute approximate surface area is 141 Å². The fraction of sp³-hybridized carbons (Fsp3) is 0.105. The van der Waals surface area contributed by atoms with Gasteiger partial charge in [-0.2, -0.15) is 10.2 Å². The van der Waals surface area contributed by atoms with Gasteiger partial charge in [0.15, 0.2) is 0 Å². The van der Waals surface area contributed by atoms with E-state index in [0.29, 0.717) is 11.5 Å². The van der Waals surface area contributed by atoms with Gasteiger partial charge in [-0.25, -0.2) is 4.98 Å². The summed E-state index contributed by atoms with van der Waals surface area (Å²) in [5.74, 6) is 1.23. The lowest BCUT2D eigenvalue weighted by Gasteiger charge is -2.10. The number of rotatable bonds is 4. The van der Waals surface area contributed by atoms with Crippen molar-refractivity contribution in [1.29, 1.82) is 5.26 Å². The quantitative estimate of drug-likeness (QED) is 0.744. The molecule has 0 amide bonds. The summed E-state index contributed by atoms with van der Waals surface area (Å²) in [6.07, 6.45) is 0. The molecule has 0 radical (unpaired) electrons. The fourth-order valence-corrected chi connectivity index (χ4v) is 2.23. The Kier molecular flexibility index (Phi) is 4.39. The van der Waals surface area contributed by atoms with Crippen LogP contribution in [0.4, 0.5) is 23.1 Å². The van der Waals surface area contributed by atoms with Crippen LogP contribution in [-0.4, -0.2) is 9.97 Å². The second-order valence-corrected chi connectivity index (χ2v) is 5.52. The van der Waals surface area contributed by atoms with Crippen LogP contribution in [-0.2, 0) is 0 Å². The third kappa shape index (κ3) is 3.87. The maximum absolute atomic E-state index is 8.84. The molecule has 1 heterocycles. The molecule has 118 valence electrons. The Balaban J connectivity index is 1.80. The monoisotopic (exact) mass is 315 g/mol. The summed E-state index contributed by atoms with van der Waals surface area (Å²) in [6, 6.07) is 19.3. The van der Waals surface area contributed by atoms with Crippen molar-refractivity contribution < 1.29 is 0 Å². The van der Waals surface area contributed by atoms with Gasteiger partial charge in [0.1, 0.15) is 5.82 Å². The van der Waals surface area contributed by atoms with Crippen molar-refractivity contribution in [3.63, 3.8) is 0 Å². The Morgan fingerprint density at radius 3 is 2.12 bits per heavy atom. The van der Waals surface area contributed by atoms with E-state index in [1.165, 1.54) is 5.56 Å². The van der Waals surface area contributed by atoms with Crippen LogP contribution in [0.25, 0.3) is 0 Å². The summed E-state index contributed by atoms with van der Waals surface area (Å²) in [5, 5.41) is 15.3. The lowest BCUT2D eigenvalue weighted by Crippen LogP contribution is -2.02. The van der Waals surface area contributed by atoms with E-state index in [2.05, 4.69) is 33.6 Å². The van der Waals surface area contributed by atoms with Crippen molar-refractivity contribution >= 4 is 23.1 Å². The highest BCUT2D eigenvalue weighted by Crippen LogP contribution is 2.19. The Morgan fingerprint density at radius 2 is 1.46 bits per heavy atom. The second kappa shape index (κ2) is 6.80. The predicted molar refractivity (Wildman–Crippen MR) is 95.7 cm³/mol. The van der Waals surface area contributed by atoms with Crippen LogP contribution in [0.1, 0.15) is 16.8 Å². The van der Waals surface area contributed by atoms with Crippen LogP contribution in [0.5, 0.6) is 0 Å². The molecule has 0 atom stereocenters. The fourth-order valence-electron chi connectivity index (χ4n) is 2.23. The summed E-state index contributed by atoms with van der Waals surface area (Å²) in [7, 11) is 0. The van der Waals surface area contributed by atoms with Crippen LogP contribution in [0.3, 0.4) is 0 Å². The van der Waals surface area contributed by atoms with Gasteiger partial charge in [0.05, 0.1) is 11.6 Å². The molecule has 0 saturated heterocycles. The Hall–Kier alpha value is -3.39. The molecule has 0 aliphatic carbocycles. The molecule has 24 heavy (non-hydrogen) atoms. The number of nitriles is 1. The van der Waals surface area contributed by atoms with Crippen molar-refractivity contribution in [3.8, 4) is 6.07 Å². The summed E-state index contributed by atoms with van der Waals surface area (Å²) in [6.45, 7) is 3.98. The topological polar surface area (TPSA) is 73.6 Å². The number of aromatic nitrogens is 2. The van der Waals surface area contributed by atoms with Gasteiger partial charge in [-0.1, -0.05) is 17.7 Å². The maximum atomic E-state index is 8.84. The van der Waals surface area contributed by atoms with Crippen LogP contribution >= 0.6 is 0 Å². The first-order chi connectivity index (χ1) is 11.6. The molecule has 5 heteroatoms. The highest BCUT2D eigenvalue weighted by Gasteiger charge is 2.04. The minimum absolute atomic E-state index is 0.509. The van der Waals surface area contributed by atoms with E-state index in [9.17, 15) is 0 Å². The van der Waals surface area contributed by atoms with E-state index in [0.717, 1.165) is 22.9 Å². The zero-order valence-corrected chi connectivity index (χ0v) is 13.5. The van der Waals surface area contributed by atoms with Crippen molar-refractivity contribution in [2.75, 3.05) is 10.6 Å². The van der Waals surface area contributed by atoms with Crippen molar-refractivity contribution in [1.82, 2.24) is 9.97 Å². The summed E-state index contributed by atoms with van der Waals surface area (Å²) in [4.78, 5) is 8.89. The van der Waals surface area contributed by atoms with Gasteiger partial charge < -0.3 is 10.6 Å². The first kappa shape index (κ1) is 15.5.